The lowest BCUT2D eigenvalue weighted by Gasteiger charge is -2.18. The van der Waals surface area contributed by atoms with E-state index in [-0.39, 0.29) is 16.5 Å². The van der Waals surface area contributed by atoms with Gasteiger partial charge >= 0.3 is 5.95 Å². The van der Waals surface area contributed by atoms with Gasteiger partial charge in [-0.05, 0) is 29.7 Å². The molecule has 0 unspecified atom stereocenters. The Labute approximate surface area is 166 Å². The highest BCUT2D eigenvalue weighted by Crippen LogP contribution is 2.38. The lowest BCUT2D eigenvalue weighted by Crippen LogP contribution is -2.30. The molecule has 3 aromatic rings. The fraction of sp³-hybridized carbons (Fsp3) is 0.412. The molecule has 0 atom stereocenters. The first-order chi connectivity index (χ1) is 13.3. The van der Waals surface area contributed by atoms with Crippen molar-refractivity contribution in [1.29, 1.82) is 0 Å². The predicted molar refractivity (Wildman–Crippen MR) is 106 cm³/mol. The lowest BCUT2D eigenvalue weighted by molar-refractivity contribution is 0.276. The van der Waals surface area contributed by atoms with Crippen molar-refractivity contribution in [3.05, 3.63) is 23.9 Å². The van der Waals surface area contributed by atoms with Gasteiger partial charge in [0.15, 0.2) is 10.7 Å². The monoisotopic (exact) mass is 423 g/mol. The standard InChI is InChI=1S/C17H21N5O4S2/c1-5-22(6-2)28(24,25)11-7-8-13-12(9-11)16(27-21-13)19-18-15-14(10(3)4)20-26-17(15)23/h7-10,23H,5-6H2,1-4H3. The summed E-state index contributed by atoms with van der Waals surface area (Å²) in [6.07, 6.45) is 0. The number of rotatable bonds is 7. The van der Waals surface area contributed by atoms with Crippen LogP contribution in [0.3, 0.4) is 0 Å². The Bertz CT molecular complexity index is 1110. The van der Waals surface area contributed by atoms with Crippen LogP contribution in [-0.4, -0.2) is 40.4 Å². The van der Waals surface area contributed by atoms with E-state index in [9.17, 15) is 13.5 Å². The van der Waals surface area contributed by atoms with Gasteiger partial charge in [0.2, 0.25) is 10.0 Å². The summed E-state index contributed by atoms with van der Waals surface area (Å²) in [6.45, 7) is 8.14. The summed E-state index contributed by atoms with van der Waals surface area (Å²) in [6, 6.07) is 4.74. The normalized spacial score (nSPS) is 12.8. The van der Waals surface area contributed by atoms with Crippen molar-refractivity contribution in [2.45, 2.75) is 38.5 Å². The van der Waals surface area contributed by atoms with Crippen LogP contribution in [0.2, 0.25) is 0 Å². The molecule has 3 rings (SSSR count). The predicted octanol–water partition coefficient (Wildman–Crippen LogP) is 4.56. The molecule has 0 bridgehead atoms. The van der Waals surface area contributed by atoms with Gasteiger partial charge in [0.05, 0.1) is 10.4 Å². The Morgan fingerprint density at radius 3 is 2.61 bits per heavy atom. The third-order valence-corrected chi connectivity index (χ3v) is 7.04. The van der Waals surface area contributed by atoms with Crippen LogP contribution < -0.4 is 0 Å². The Hall–Kier alpha value is -2.37. The van der Waals surface area contributed by atoms with Crippen molar-refractivity contribution in [1.82, 2.24) is 13.8 Å². The summed E-state index contributed by atoms with van der Waals surface area (Å²) < 4.78 is 36.0. The number of hydrogen-bond acceptors (Lipinski definition) is 9. The molecule has 0 saturated heterocycles. The Kier molecular flexibility index (Phi) is 5.77. The van der Waals surface area contributed by atoms with E-state index in [1.165, 1.54) is 4.31 Å². The summed E-state index contributed by atoms with van der Waals surface area (Å²) in [5.74, 6) is -0.423. The van der Waals surface area contributed by atoms with E-state index < -0.39 is 16.0 Å². The first-order valence-corrected chi connectivity index (χ1v) is 11.0. The molecule has 0 aliphatic carbocycles. The van der Waals surface area contributed by atoms with Crippen molar-refractivity contribution >= 4 is 43.1 Å². The number of fused-ring (bicyclic) bond motifs is 1. The molecule has 28 heavy (non-hydrogen) atoms. The molecule has 0 amide bonds. The SMILES string of the molecule is CCN(CC)S(=O)(=O)c1ccc2nsc(N=Nc3c(C(C)C)noc3O)c2c1. The third kappa shape index (κ3) is 3.64. The molecule has 9 nitrogen and oxygen atoms in total. The van der Waals surface area contributed by atoms with E-state index >= 15 is 0 Å². The molecular formula is C17H21N5O4S2. The number of sulfonamides is 1. The molecule has 0 fully saturated rings. The smallest absolute Gasteiger partial charge is 0.337 e. The van der Waals surface area contributed by atoms with Crippen molar-refractivity contribution in [2.75, 3.05) is 13.1 Å². The van der Waals surface area contributed by atoms with Crippen LogP contribution in [0.15, 0.2) is 37.8 Å². The van der Waals surface area contributed by atoms with Crippen LogP contribution >= 0.6 is 11.5 Å². The molecule has 0 spiro atoms. The van der Waals surface area contributed by atoms with Gasteiger partial charge in [-0.3, -0.25) is 0 Å². The van der Waals surface area contributed by atoms with Crippen LogP contribution in [0.5, 0.6) is 5.95 Å². The number of aromatic hydroxyl groups is 1. The average molecular weight is 424 g/mol. The maximum absolute atomic E-state index is 12.8. The summed E-state index contributed by atoms with van der Waals surface area (Å²) in [4.78, 5) is 0.177. The first kappa shape index (κ1) is 20.4. The highest BCUT2D eigenvalue weighted by Gasteiger charge is 2.23. The highest BCUT2D eigenvalue weighted by molar-refractivity contribution is 7.89. The second-order valence-corrected chi connectivity index (χ2v) is 9.02. The van der Waals surface area contributed by atoms with E-state index in [1.54, 1.807) is 32.0 Å². The van der Waals surface area contributed by atoms with Crippen LogP contribution in [0, 0.1) is 0 Å². The summed E-state index contributed by atoms with van der Waals surface area (Å²) in [5, 5.41) is 22.8. The maximum Gasteiger partial charge on any atom is 0.337 e. The molecule has 2 heterocycles. The minimum atomic E-state index is -3.60. The van der Waals surface area contributed by atoms with Crippen molar-refractivity contribution in [3.63, 3.8) is 0 Å². The molecule has 1 aromatic carbocycles. The van der Waals surface area contributed by atoms with E-state index in [0.29, 0.717) is 34.7 Å². The van der Waals surface area contributed by atoms with Crippen molar-refractivity contribution in [2.24, 2.45) is 10.2 Å². The van der Waals surface area contributed by atoms with E-state index in [1.807, 2.05) is 13.8 Å². The van der Waals surface area contributed by atoms with Gasteiger partial charge in [-0.15, -0.1) is 10.2 Å². The second kappa shape index (κ2) is 7.94. The van der Waals surface area contributed by atoms with Crippen LogP contribution in [0.25, 0.3) is 10.9 Å². The van der Waals surface area contributed by atoms with Crippen LogP contribution in [0.1, 0.15) is 39.3 Å². The minimum absolute atomic E-state index is 0.0115. The highest BCUT2D eigenvalue weighted by atomic mass is 32.2. The topological polar surface area (TPSA) is 121 Å². The van der Waals surface area contributed by atoms with E-state index in [2.05, 4.69) is 19.8 Å². The molecule has 11 heteroatoms. The summed E-state index contributed by atoms with van der Waals surface area (Å²) in [5.41, 5.74) is 1.26. The van der Waals surface area contributed by atoms with Gasteiger partial charge < -0.3 is 9.63 Å². The Morgan fingerprint density at radius 1 is 1.25 bits per heavy atom. The van der Waals surface area contributed by atoms with Crippen molar-refractivity contribution in [3.8, 4) is 5.95 Å². The van der Waals surface area contributed by atoms with Gasteiger partial charge in [0.25, 0.3) is 0 Å². The third-order valence-electron chi connectivity index (χ3n) is 4.24. The molecule has 0 saturated carbocycles. The van der Waals surface area contributed by atoms with Crippen molar-refractivity contribution < 1.29 is 18.0 Å². The quantitative estimate of drug-likeness (QED) is 0.556. The Balaban J connectivity index is 2.04. The molecule has 150 valence electrons. The molecular weight excluding hydrogens is 402 g/mol. The molecule has 2 aromatic heterocycles. The zero-order valence-corrected chi connectivity index (χ0v) is 17.6. The molecule has 0 aliphatic rings. The number of aromatic nitrogens is 2. The van der Waals surface area contributed by atoms with Gasteiger partial charge in [0.1, 0.15) is 5.69 Å². The first-order valence-electron chi connectivity index (χ1n) is 8.79. The Morgan fingerprint density at radius 2 is 1.96 bits per heavy atom. The fourth-order valence-electron chi connectivity index (χ4n) is 2.71. The minimum Gasteiger partial charge on any atom is -0.478 e. The van der Waals surface area contributed by atoms with Crippen LogP contribution in [-0.2, 0) is 10.0 Å². The zero-order valence-electron chi connectivity index (χ0n) is 15.9. The largest absolute Gasteiger partial charge is 0.478 e. The van der Waals surface area contributed by atoms with E-state index in [0.717, 1.165) is 11.5 Å². The lowest BCUT2D eigenvalue weighted by atomic mass is 10.1. The zero-order chi connectivity index (χ0) is 20.5. The summed E-state index contributed by atoms with van der Waals surface area (Å²) in [7, 11) is -3.60. The molecule has 0 radical (unpaired) electrons. The number of azo groups is 1. The van der Waals surface area contributed by atoms with Crippen LogP contribution in [0.4, 0.5) is 10.7 Å². The van der Waals surface area contributed by atoms with Gasteiger partial charge in [-0.25, -0.2) is 8.42 Å². The fourth-order valence-corrected chi connectivity index (χ4v) is 4.88. The van der Waals surface area contributed by atoms with Gasteiger partial charge in [-0.1, -0.05) is 32.9 Å². The van der Waals surface area contributed by atoms with Gasteiger partial charge in [0, 0.05) is 24.4 Å². The average Bonchev–Trinajstić information content (AvgIpc) is 3.23. The van der Waals surface area contributed by atoms with E-state index in [4.69, 9.17) is 4.52 Å². The second-order valence-electron chi connectivity index (χ2n) is 6.33. The molecule has 0 aliphatic heterocycles. The summed E-state index contributed by atoms with van der Waals surface area (Å²) >= 11 is 1.09. The molecule has 1 N–H and O–H groups in total. The number of nitrogens with zero attached hydrogens (tertiary/aromatic N) is 5. The van der Waals surface area contributed by atoms with Gasteiger partial charge in [-0.2, -0.15) is 8.68 Å². The number of benzene rings is 1. The number of hydrogen-bond donors (Lipinski definition) is 1. The maximum atomic E-state index is 12.8.